The summed E-state index contributed by atoms with van der Waals surface area (Å²) in [5, 5.41) is 38.8. The summed E-state index contributed by atoms with van der Waals surface area (Å²) in [4.78, 5) is 4.44. The van der Waals surface area contributed by atoms with E-state index in [0.29, 0.717) is 18.1 Å². The maximum absolute atomic E-state index is 14.7. The molecule has 1 atom stereocenters. The molecule has 0 saturated heterocycles. The first kappa shape index (κ1) is 33.3. The molecule has 0 fully saturated rings. The first-order chi connectivity index (χ1) is 24.5. The van der Waals surface area contributed by atoms with E-state index in [1.807, 2.05) is 108 Å². The largest absolute Gasteiger partial charge is 0.621 e. The molecule has 1 N–H and O–H groups in total. The van der Waals surface area contributed by atoms with Crippen molar-refractivity contribution in [2.75, 3.05) is 6.61 Å². The highest BCUT2D eigenvalue weighted by molar-refractivity contribution is 6.30. The summed E-state index contributed by atoms with van der Waals surface area (Å²) in [6.45, 7) is 1.61. The topological polar surface area (TPSA) is 99.2 Å². The third kappa shape index (κ3) is 5.76. The lowest BCUT2D eigenvalue weighted by molar-refractivity contribution is -0.764. The molecule has 1 unspecified atom stereocenters. The minimum absolute atomic E-state index is 0.0199. The van der Waals surface area contributed by atoms with Crippen LogP contribution in [-0.4, -0.2) is 42.4 Å². The maximum atomic E-state index is 14.7. The molecule has 250 valence electrons. The summed E-state index contributed by atoms with van der Waals surface area (Å²) in [5.74, 6) is 0.967. The molecule has 0 bridgehead atoms. The fourth-order valence-corrected chi connectivity index (χ4v) is 7.35. The molecule has 1 aromatic heterocycles. The smallest absolute Gasteiger partial charge is 0.209 e. The second-order valence-electron chi connectivity index (χ2n) is 12.4. The summed E-state index contributed by atoms with van der Waals surface area (Å²) in [7, 11) is 0. The van der Waals surface area contributed by atoms with Crippen LogP contribution in [0.25, 0.3) is 22.5 Å². The fourth-order valence-electron chi connectivity index (χ4n) is 7.06. The summed E-state index contributed by atoms with van der Waals surface area (Å²) in [5.41, 5.74) is 5.51. The zero-order valence-electron chi connectivity index (χ0n) is 27.7. The Bertz CT molecular complexity index is 2050. The predicted molar refractivity (Wildman–Crippen MR) is 198 cm³/mol. The number of hydroxylamine groups is 3. The van der Waals surface area contributed by atoms with Crippen LogP contribution in [0.4, 0.5) is 0 Å². The van der Waals surface area contributed by atoms with Gasteiger partial charge in [-0.15, -0.1) is 5.10 Å². The van der Waals surface area contributed by atoms with E-state index >= 15 is 0 Å². The van der Waals surface area contributed by atoms with Gasteiger partial charge in [-0.25, -0.2) is 4.68 Å². The Hall–Kier alpha value is -5.25. The van der Waals surface area contributed by atoms with Crippen molar-refractivity contribution < 1.29 is 9.75 Å². The monoisotopic (exact) mass is 680 g/mol. The number of halogens is 1. The number of hydrogen-bond donors (Lipinski definition) is 1. The predicted octanol–water partition coefficient (Wildman–Crippen LogP) is 8.66. The molecular weight excluding hydrogens is 644 g/mol. The molecule has 0 spiro atoms. The van der Waals surface area contributed by atoms with E-state index in [0.717, 1.165) is 51.8 Å². The van der Waals surface area contributed by atoms with E-state index in [9.17, 15) is 10.3 Å². The molecule has 7 rings (SSSR count). The molecule has 0 radical (unpaired) electrons. The van der Waals surface area contributed by atoms with Crippen LogP contribution >= 0.6 is 11.6 Å². The van der Waals surface area contributed by atoms with Crippen LogP contribution < -0.4 is 0 Å². The van der Waals surface area contributed by atoms with Crippen LogP contribution in [0.3, 0.4) is 0 Å². The summed E-state index contributed by atoms with van der Waals surface area (Å²) < 4.78 is 1.02. The lowest BCUT2D eigenvalue weighted by Crippen LogP contribution is -2.45. The number of unbranched alkanes of at least 4 members (excludes halogenated alkanes) is 1. The number of hydrogen-bond acceptors (Lipinski definition) is 6. The van der Waals surface area contributed by atoms with Gasteiger partial charge in [0.15, 0.2) is 16.7 Å². The van der Waals surface area contributed by atoms with Gasteiger partial charge in [-0.2, -0.15) is 4.99 Å². The molecule has 8 nitrogen and oxygen atoms in total. The van der Waals surface area contributed by atoms with Crippen molar-refractivity contribution in [2.45, 2.75) is 38.3 Å². The Kier molecular flexibility index (Phi) is 9.52. The number of aromatic nitrogens is 4. The maximum Gasteiger partial charge on any atom is 0.209 e. The van der Waals surface area contributed by atoms with Gasteiger partial charge in [0.25, 0.3) is 0 Å². The van der Waals surface area contributed by atoms with Crippen LogP contribution in [0, 0.1) is 5.21 Å². The third-order valence-electron chi connectivity index (χ3n) is 9.45. The molecule has 1 aliphatic rings. The standard InChI is InChI=1S/C41H37ClN6O2/c1-2-3-27-38-43-39(42)37(29-49)48(38,50)28-30-17-13-14-24-34(30)35-25-15-16-26-36(35)40-44-45-46-47(40)41(31-18-7-4-8-19-31,32-20-9-5-10-21-32)33-22-11-6-12-23-33/h4-26,49H,2-3,27-29H2,1H3. The van der Waals surface area contributed by atoms with E-state index in [2.05, 4.69) is 53.5 Å². The molecule has 9 heteroatoms. The van der Waals surface area contributed by atoms with E-state index in [1.165, 1.54) is 0 Å². The van der Waals surface area contributed by atoms with Gasteiger partial charge < -0.3 is 10.3 Å². The molecule has 5 aromatic carbocycles. The zero-order valence-corrected chi connectivity index (χ0v) is 28.5. The Morgan fingerprint density at radius 2 is 1.24 bits per heavy atom. The number of quaternary nitrogens is 1. The Labute approximate surface area is 296 Å². The van der Waals surface area contributed by atoms with E-state index in [-0.39, 0.29) is 17.4 Å². The highest BCUT2D eigenvalue weighted by Crippen LogP contribution is 2.44. The van der Waals surface area contributed by atoms with E-state index in [1.54, 1.807) is 0 Å². The number of aliphatic hydroxyl groups excluding tert-OH is 1. The summed E-state index contributed by atoms with van der Waals surface area (Å²) in [6, 6.07) is 46.7. The first-order valence-corrected chi connectivity index (χ1v) is 17.2. The van der Waals surface area contributed by atoms with Crippen molar-refractivity contribution in [3.8, 4) is 22.5 Å². The Morgan fingerprint density at radius 3 is 1.80 bits per heavy atom. The van der Waals surface area contributed by atoms with Gasteiger partial charge in [-0.3, -0.25) is 4.65 Å². The Balaban J connectivity index is 1.43. The highest BCUT2D eigenvalue weighted by Gasteiger charge is 2.42. The number of tetrazole rings is 1. The summed E-state index contributed by atoms with van der Waals surface area (Å²) in [6.07, 6.45) is 2.19. The second-order valence-corrected chi connectivity index (χ2v) is 12.7. The van der Waals surface area contributed by atoms with Crippen molar-refractivity contribution in [1.82, 2.24) is 20.2 Å². The highest BCUT2D eigenvalue weighted by atomic mass is 35.5. The van der Waals surface area contributed by atoms with Gasteiger partial charge in [0.2, 0.25) is 5.84 Å². The van der Waals surface area contributed by atoms with E-state index in [4.69, 9.17) is 21.9 Å². The van der Waals surface area contributed by atoms with Crippen LogP contribution in [-0.2, 0) is 12.1 Å². The van der Waals surface area contributed by atoms with Crippen LogP contribution in [0.2, 0.25) is 0 Å². The van der Waals surface area contributed by atoms with Crippen molar-refractivity contribution in [2.24, 2.45) is 4.99 Å². The number of nitrogens with zero attached hydrogens (tertiary/aromatic N) is 6. The number of amidine groups is 1. The quantitative estimate of drug-likeness (QED) is 0.0604. The molecule has 6 aromatic rings. The SMILES string of the molecule is CCCCC1=NC(Cl)=C(CO)[N+]1([O-])Cc1ccccc1-c1ccccc1-c1nnnn1C(c1ccccc1)(c1ccccc1)c1ccccc1. The van der Waals surface area contributed by atoms with Crippen molar-refractivity contribution in [3.63, 3.8) is 0 Å². The molecule has 50 heavy (non-hydrogen) atoms. The fraction of sp³-hybridized carbons (Fsp3) is 0.171. The number of rotatable bonds is 12. The van der Waals surface area contributed by atoms with Gasteiger partial charge in [0.1, 0.15) is 18.7 Å². The molecule has 0 amide bonds. The minimum atomic E-state index is -0.933. The van der Waals surface area contributed by atoms with Crippen molar-refractivity contribution in [1.29, 1.82) is 0 Å². The van der Waals surface area contributed by atoms with Crippen LogP contribution in [0.15, 0.2) is 155 Å². The molecular formula is C41H37ClN6O2. The van der Waals surface area contributed by atoms with Gasteiger partial charge in [-0.1, -0.05) is 164 Å². The second kappa shape index (κ2) is 14.3. The zero-order chi connectivity index (χ0) is 34.6. The molecule has 2 heterocycles. The van der Waals surface area contributed by atoms with Crippen LogP contribution in [0.5, 0.6) is 0 Å². The summed E-state index contributed by atoms with van der Waals surface area (Å²) >= 11 is 6.46. The number of aliphatic hydroxyl groups is 1. The third-order valence-corrected chi connectivity index (χ3v) is 9.76. The lowest BCUT2D eigenvalue weighted by Gasteiger charge is -2.40. The minimum Gasteiger partial charge on any atom is -0.621 e. The van der Waals surface area contributed by atoms with Crippen molar-refractivity contribution in [3.05, 3.63) is 178 Å². The molecule has 0 saturated carbocycles. The number of benzene rings is 5. The average molecular weight is 681 g/mol. The Morgan fingerprint density at radius 1 is 0.720 bits per heavy atom. The van der Waals surface area contributed by atoms with Gasteiger partial charge in [0, 0.05) is 17.5 Å². The average Bonchev–Trinajstić information content (AvgIpc) is 3.74. The van der Waals surface area contributed by atoms with Gasteiger partial charge in [0.05, 0.1) is 0 Å². The normalized spacial score (nSPS) is 16.1. The number of aliphatic imine (C=N–C) groups is 1. The molecule has 0 aliphatic carbocycles. The van der Waals surface area contributed by atoms with Crippen LogP contribution in [0.1, 0.15) is 48.4 Å². The lowest BCUT2D eigenvalue weighted by atomic mass is 9.77. The van der Waals surface area contributed by atoms with E-state index < -0.39 is 16.8 Å². The first-order valence-electron chi connectivity index (χ1n) is 16.8. The molecule has 1 aliphatic heterocycles. The van der Waals surface area contributed by atoms with Crippen molar-refractivity contribution >= 4 is 17.4 Å². The van der Waals surface area contributed by atoms with Gasteiger partial charge in [-0.05, 0) is 44.7 Å². The van der Waals surface area contributed by atoms with Gasteiger partial charge >= 0.3 is 0 Å².